The van der Waals surface area contributed by atoms with Crippen LogP contribution in [0.25, 0.3) is 0 Å². The summed E-state index contributed by atoms with van der Waals surface area (Å²) in [6.07, 6.45) is 1.09. The normalized spacial score (nSPS) is 14.4. The molecule has 1 aromatic heterocycles. The molecular weight excluding hydrogens is 306 g/mol. The SMILES string of the molecule is CCC(NC(C)c1cccs1)c1cccc(Br)c1. The molecule has 0 aliphatic heterocycles. The van der Waals surface area contributed by atoms with Gasteiger partial charge in [0.2, 0.25) is 0 Å². The van der Waals surface area contributed by atoms with E-state index in [9.17, 15) is 0 Å². The van der Waals surface area contributed by atoms with Crippen LogP contribution in [0.15, 0.2) is 46.3 Å². The van der Waals surface area contributed by atoms with Gasteiger partial charge in [-0.3, -0.25) is 0 Å². The minimum Gasteiger partial charge on any atom is -0.303 e. The largest absolute Gasteiger partial charge is 0.303 e. The predicted octanol–water partition coefficient (Wildman–Crippen LogP) is 5.31. The average Bonchev–Trinajstić information content (AvgIpc) is 2.89. The van der Waals surface area contributed by atoms with Crippen molar-refractivity contribution in [2.45, 2.75) is 32.4 Å². The van der Waals surface area contributed by atoms with E-state index in [4.69, 9.17) is 0 Å². The van der Waals surface area contributed by atoms with Crippen LogP contribution in [0.2, 0.25) is 0 Å². The van der Waals surface area contributed by atoms with Crippen molar-refractivity contribution in [1.29, 1.82) is 0 Å². The average molecular weight is 324 g/mol. The maximum absolute atomic E-state index is 3.70. The second-order valence-corrected chi connectivity index (χ2v) is 6.31. The van der Waals surface area contributed by atoms with Crippen LogP contribution in [-0.2, 0) is 0 Å². The smallest absolute Gasteiger partial charge is 0.0391 e. The van der Waals surface area contributed by atoms with E-state index in [1.54, 1.807) is 0 Å². The van der Waals surface area contributed by atoms with Crippen molar-refractivity contribution < 1.29 is 0 Å². The second kappa shape index (κ2) is 6.50. The standard InChI is InChI=1S/C15H18BrNS/c1-3-14(12-6-4-7-13(16)10-12)17-11(2)15-8-5-9-18-15/h4-11,14,17H,3H2,1-2H3. The Morgan fingerprint density at radius 3 is 2.72 bits per heavy atom. The van der Waals surface area contributed by atoms with Gasteiger partial charge in [0.1, 0.15) is 0 Å². The highest BCUT2D eigenvalue weighted by Gasteiger charge is 2.14. The van der Waals surface area contributed by atoms with Crippen LogP contribution in [0.5, 0.6) is 0 Å². The van der Waals surface area contributed by atoms with Crippen molar-refractivity contribution >= 4 is 27.3 Å². The summed E-state index contributed by atoms with van der Waals surface area (Å²) in [5.74, 6) is 0. The Kier molecular flexibility index (Phi) is 4.98. The van der Waals surface area contributed by atoms with Gasteiger partial charge >= 0.3 is 0 Å². The molecule has 3 heteroatoms. The quantitative estimate of drug-likeness (QED) is 0.785. The molecule has 0 saturated heterocycles. The van der Waals surface area contributed by atoms with E-state index < -0.39 is 0 Å². The van der Waals surface area contributed by atoms with Gasteiger partial charge in [0, 0.05) is 21.4 Å². The van der Waals surface area contributed by atoms with Crippen molar-refractivity contribution in [1.82, 2.24) is 5.32 Å². The van der Waals surface area contributed by atoms with Crippen molar-refractivity contribution in [3.63, 3.8) is 0 Å². The third-order valence-corrected chi connectivity index (χ3v) is 4.63. The summed E-state index contributed by atoms with van der Waals surface area (Å²) < 4.78 is 1.14. The number of nitrogens with one attached hydrogen (secondary N) is 1. The van der Waals surface area contributed by atoms with Crippen LogP contribution in [0, 0.1) is 0 Å². The Labute approximate surface area is 121 Å². The molecule has 2 rings (SSSR count). The van der Waals surface area contributed by atoms with E-state index in [0.717, 1.165) is 10.9 Å². The first kappa shape index (κ1) is 13.8. The first-order valence-electron chi connectivity index (χ1n) is 6.25. The topological polar surface area (TPSA) is 12.0 Å². The van der Waals surface area contributed by atoms with Gasteiger partial charge in [0.05, 0.1) is 0 Å². The molecule has 0 amide bonds. The summed E-state index contributed by atoms with van der Waals surface area (Å²) >= 11 is 5.35. The molecule has 1 heterocycles. The van der Waals surface area contributed by atoms with Crippen LogP contribution < -0.4 is 5.32 Å². The van der Waals surface area contributed by atoms with Gasteiger partial charge in [0.25, 0.3) is 0 Å². The highest BCUT2D eigenvalue weighted by atomic mass is 79.9. The summed E-state index contributed by atoms with van der Waals surface area (Å²) in [4.78, 5) is 1.39. The lowest BCUT2D eigenvalue weighted by molar-refractivity contribution is 0.460. The van der Waals surface area contributed by atoms with E-state index >= 15 is 0 Å². The minimum atomic E-state index is 0.397. The summed E-state index contributed by atoms with van der Waals surface area (Å²) in [5, 5.41) is 5.83. The zero-order valence-corrected chi connectivity index (χ0v) is 13.1. The molecule has 1 nitrogen and oxygen atoms in total. The van der Waals surface area contributed by atoms with Crippen LogP contribution in [0.4, 0.5) is 0 Å². The molecule has 18 heavy (non-hydrogen) atoms. The Bertz CT molecular complexity index is 481. The first-order chi connectivity index (χ1) is 8.70. The van der Waals surface area contributed by atoms with Crippen LogP contribution >= 0.6 is 27.3 Å². The van der Waals surface area contributed by atoms with E-state index in [0.29, 0.717) is 12.1 Å². The zero-order valence-electron chi connectivity index (χ0n) is 10.7. The molecular formula is C15H18BrNS. The molecule has 0 aliphatic rings. The first-order valence-corrected chi connectivity index (χ1v) is 7.93. The number of rotatable bonds is 5. The monoisotopic (exact) mass is 323 g/mol. The summed E-state index contributed by atoms with van der Waals surface area (Å²) in [6, 6.07) is 13.6. The molecule has 0 bridgehead atoms. The van der Waals surface area contributed by atoms with Crippen LogP contribution in [0.3, 0.4) is 0 Å². The minimum absolute atomic E-state index is 0.397. The molecule has 2 unspecified atom stereocenters. The maximum atomic E-state index is 3.70. The predicted molar refractivity (Wildman–Crippen MR) is 83.0 cm³/mol. The molecule has 0 spiro atoms. The molecule has 2 atom stereocenters. The van der Waals surface area contributed by atoms with Gasteiger partial charge in [0.15, 0.2) is 0 Å². The fraction of sp³-hybridized carbons (Fsp3) is 0.333. The summed E-state index contributed by atoms with van der Waals surface area (Å²) in [7, 11) is 0. The van der Waals surface area contributed by atoms with Crippen molar-refractivity contribution in [3.05, 3.63) is 56.7 Å². The van der Waals surface area contributed by atoms with Gasteiger partial charge in [-0.05, 0) is 42.5 Å². The van der Waals surface area contributed by atoms with E-state index in [2.05, 4.69) is 76.9 Å². The summed E-state index contributed by atoms with van der Waals surface area (Å²) in [5.41, 5.74) is 1.34. The van der Waals surface area contributed by atoms with Crippen molar-refractivity contribution in [2.75, 3.05) is 0 Å². The van der Waals surface area contributed by atoms with Gasteiger partial charge in [-0.1, -0.05) is 41.1 Å². The lowest BCUT2D eigenvalue weighted by atomic mass is 10.0. The van der Waals surface area contributed by atoms with Gasteiger partial charge in [-0.15, -0.1) is 11.3 Å². The van der Waals surface area contributed by atoms with Gasteiger partial charge in [-0.25, -0.2) is 0 Å². The molecule has 1 aromatic carbocycles. The number of halogens is 1. The van der Waals surface area contributed by atoms with Crippen LogP contribution in [-0.4, -0.2) is 0 Å². The molecule has 96 valence electrons. The van der Waals surface area contributed by atoms with Gasteiger partial charge in [-0.2, -0.15) is 0 Å². The van der Waals surface area contributed by atoms with Gasteiger partial charge < -0.3 is 5.32 Å². The summed E-state index contributed by atoms with van der Waals surface area (Å²) in [6.45, 7) is 4.45. The third kappa shape index (κ3) is 3.44. The Balaban J connectivity index is 2.10. The number of hydrogen-bond acceptors (Lipinski definition) is 2. The molecule has 1 N–H and O–H groups in total. The molecule has 0 aliphatic carbocycles. The fourth-order valence-corrected chi connectivity index (χ4v) is 3.26. The number of benzene rings is 1. The Morgan fingerprint density at radius 2 is 2.11 bits per heavy atom. The number of thiophene rings is 1. The zero-order chi connectivity index (χ0) is 13.0. The lowest BCUT2D eigenvalue weighted by Crippen LogP contribution is -2.23. The molecule has 0 radical (unpaired) electrons. The third-order valence-electron chi connectivity index (χ3n) is 3.08. The highest BCUT2D eigenvalue weighted by molar-refractivity contribution is 9.10. The molecule has 0 fully saturated rings. The molecule has 0 saturated carbocycles. The number of hydrogen-bond donors (Lipinski definition) is 1. The van der Waals surface area contributed by atoms with E-state index in [1.807, 2.05) is 11.3 Å². The van der Waals surface area contributed by atoms with Crippen molar-refractivity contribution in [2.24, 2.45) is 0 Å². The fourth-order valence-electron chi connectivity index (χ4n) is 2.09. The highest BCUT2D eigenvalue weighted by Crippen LogP contribution is 2.26. The Hall–Kier alpha value is -0.640. The van der Waals surface area contributed by atoms with Crippen LogP contribution in [0.1, 0.15) is 42.8 Å². The van der Waals surface area contributed by atoms with Crippen molar-refractivity contribution in [3.8, 4) is 0 Å². The lowest BCUT2D eigenvalue weighted by Gasteiger charge is -2.22. The molecule has 2 aromatic rings. The van der Waals surface area contributed by atoms with E-state index in [1.165, 1.54) is 10.4 Å². The Morgan fingerprint density at radius 1 is 1.28 bits per heavy atom. The second-order valence-electron chi connectivity index (χ2n) is 4.42. The maximum Gasteiger partial charge on any atom is 0.0391 e. The van der Waals surface area contributed by atoms with E-state index in [-0.39, 0.29) is 0 Å².